The van der Waals surface area contributed by atoms with Gasteiger partial charge in [0.25, 0.3) is 5.91 Å². The standard InChI is InChI=1S/C28H35N3O6/c1-14-7-9-31(10-8-14)13-15-5-4-6-17-18(15)11-16-12-19-22(30(2)3)24(33)21(27(29)36)26(35)28(19,37)25(34)20(16)23(17)32/h4-6,14,16,19,22,32,35,37H,7-13H2,1-3H3,(H2,29,36)/t16?,19?,22-,28+/m1/s1. The lowest BCUT2D eigenvalue weighted by molar-refractivity contribution is -0.153. The number of carbonyl (C=O) groups excluding carboxylic acids is 3. The number of hydrogen-bond donors (Lipinski definition) is 4. The van der Waals surface area contributed by atoms with Crippen molar-refractivity contribution in [2.75, 3.05) is 27.2 Å². The average Bonchev–Trinajstić information content (AvgIpc) is 2.83. The molecule has 0 spiro atoms. The molecule has 1 saturated carbocycles. The van der Waals surface area contributed by atoms with Crippen molar-refractivity contribution in [1.29, 1.82) is 0 Å². The molecule has 1 aromatic rings. The van der Waals surface area contributed by atoms with Crippen LogP contribution in [0.4, 0.5) is 0 Å². The fourth-order valence-corrected chi connectivity index (χ4v) is 6.85. The van der Waals surface area contributed by atoms with Crippen molar-refractivity contribution in [2.24, 2.45) is 23.5 Å². The lowest BCUT2D eigenvalue weighted by Gasteiger charge is -2.50. The molecule has 2 fully saturated rings. The number of nitrogens with zero attached hydrogens (tertiary/aromatic N) is 2. The number of likely N-dealkylation sites (N-methyl/N-ethyl adjacent to an activating group) is 1. The average molecular weight is 510 g/mol. The van der Waals surface area contributed by atoms with Crippen LogP contribution in [0, 0.1) is 17.8 Å². The van der Waals surface area contributed by atoms with Gasteiger partial charge in [0.05, 0.1) is 6.04 Å². The van der Waals surface area contributed by atoms with Crippen LogP contribution in [0.15, 0.2) is 35.1 Å². The highest BCUT2D eigenvalue weighted by atomic mass is 16.3. The molecule has 198 valence electrons. The van der Waals surface area contributed by atoms with Crippen molar-refractivity contribution >= 4 is 23.2 Å². The van der Waals surface area contributed by atoms with Crippen LogP contribution >= 0.6 is 0 Å². The van der Waals surface area contributed by atoms with Gasteiger partial charge in [-0.3, -0.25) is 24.2 Å². The molecule has 0 radical (unpaired) electrons. The van der Waals surface area contributed by atoms with E-state index in [2.05, 4.69) is 17.9 Å². The molecule has 1 aliphatic heterocycles. The Balaban J connectivity index is 1.59. The number of Topliss-reactive ketones (excluding diaryl/α,β-unsaturated/α-hetero) is 2. The fourth-order valence-electron chi connectivity index (χ4n) is 6.85. The number of rotatable bonds is 4. The van der Waals surface area contributed by atoms with Gasteiger partial charge in [-0.1, -0.05) is 25.1 Å². The number of carbonyl (C=O) groups is 3. The van der Waals surface area contributed by atoms with Crippen molar-refractivity contribution in [3.63, 3.8) is 0 Å². The molecule has 0 bridgehead atoms. The lowest BCUT2D eigenvalue weighted by Crippen LogP contribution is -2.65. The van der Waals surface area contributed by atoms with Gasteiger partial charge in [0, 0.05) is 23.6 Å². The summed E-state index contributed by atoms with van der Waals surface area (Å²) >= 11 is 0. The van der Waals surface area contributed by atoms with E-state index in [1.807, 2.05) is 6.07 Å². The van der Waals surface area contributed by atoms with E-state index in [9.17, 15) is 29.7 Å². The van der Waals surface area contributed by atoms with Crippen molar-refractivity contribution in [2.45, 2.75) is 50.8 Å². The van der Waals surface area contributed by atoms with Crippen LogP contribution in [0.2, 0.25) is 0 Å². The summed E-state index contributed by atoms with van der Waals surface area (Å²) < 4.78 is 0. The molecule has 0 aromatic heterocycles. The predicted octanol–water partition coefficient (Wildman–Crippen LogP) is 1.49. The molecule has 1 heterocycles. The molecule has 9 heteroatoms. The number of primary amides is 1. The van der Waals surface area contributed by atoms with Crippen LogP contribution < -0.4 is 5.73 Å². The molecular weight excluding hydrogens is 474 g/mol. The zero-order valence-electron chi connectivity index (χ0n) is 21.5. The van der Waals surface area contributed by atoms with Gasteiger partial charge >= 0.3 is 0 Å². The predicted molar refractivity (Wildman–Crippen MR) is 136 cm³/mol. The number of ketones is 2. The van der Waals surface area contributed by atoms with E-state index in [0.29, 0.717) is 17.9 Å². The number of fused-ring (bicyclic) bond motifs is 3. The molecule has 3 aliphatic carbocycles. The molecule has 9 nitrogen and oxygen atoms in total. The van der Waals surface area contributed by atoms with Crippen molar-refractivity contribution in [1.82, 2.24) is 9.80 Å². The smallest absolute Gasteiger partial charge is 0.255 e. The van der Waals surface area contributed by atoms with Crippen LogP contribution in [0.25, 0.3) is 5.76 Å². The van der Waals surface area contributed by atoms with Crippen molar-refractivity contribution in [3.05, 3.63) is 51.8 Å². The van der Waals surface area contributed by atoms with E-state index >= 15 is 0 Å². The van der Waals surface area contributed by atoms with Crippen molar-refractivity contribution in [3.8, 4) is 0 Å². The molecule has 5 N–H and O–H groups in total. The molecular formula is C28H35N3O6. The number of aliphatic hydroxyl groups is 3. The summed E-state index contributed by atoms with van der Waals surface area (Å²) in [7, 11) is 3.23. The lowest BCUT2D eigenvalue weighted by atomic mass is 9.57. The number of nitrogens with two attached hydrogens (primary N) is 1. The minimum Gasteiger partial charge on any atom is -0.508 e. The minimum absolute atomic E-state index is 0.0254. The highest BCUT2D eigenvalue weighted by Crippen LogP contribution is 2.52. The summed E-state index contributed by atoms with van der Waals surface area (Å²) in [5.41, 5.74) is 4.70. The number of piperidine rings is 1. The maximum atomic E-state index is 13.9. The monoisotopic (exact) mass is 509 g/mol. The Kier molecular flexibility index (Phi) is 6.29. The summed E-state index contributed by atoms with van der Waals surface area (Å²) in [4.78, 5) is 43.1. The second-order valence-corrected chi connectivity index (χ2v) is 11.4. The Hall–Kier alpha value is -3.01. The number of benzene rings is 1. The number of hydrogen-bond acceptors (Lipinski definition) is 8. The third-order valence-electron chi connectivity index (χ3n) is 8.87. The largest absolute Gasteiger partial charge is 0.508 e. The molecule has 1 aromatic carbocycles. The van der Waals surface area contributed by atoms with Crippen LogP contribution in [0.1, 0.15) is 42.9 Å². The summed E-state index contributed by atoms with van der Waals surface area (Å²) in [6, 6.07) is 4.63. The van der Waals surface area contributed by atoms with E-state index in [0.717, 1.165) is 43.6 Å². The van der Waals surface area contributed by atoms with Crippen LogP contribution in [0.5, 0.6) is 0 Å². The van der Waals surface area contributed by atoms with Crippen LogP contribution in [0.3, 0.4) is 0 Å². The third-order valence-corrected chi connectivity index (χ3v) is 8.87. The second-order valence-electron chi connectivity index (χ2n) is 11.4. The fraction of sp³-hybridized carbons (Fsp3) is 0.536. The molecule has 2 unspecified atom stereocenters. The first kappa shape index (κ1) is 25.6. The van der Waals surface area contributed by atoms with Gasteiger partial charge in [-0.25, -0.2) is 0 Å². The number of aliphatic hydroxyl groups excluding tert-OH is 2. The van der Waals surface area contributed by atoms with Gasteiger partial charge in [-0.05, 0) is 75.8 Å². The first-order chi connectivity index (χ1) is 17.5. The highest BCUT2D eigenvalue weighted by Gasteiger charge is 2.64. The highest BCUT2D eigenvalue weighted by molar-refractivity contribution is 6.24. The van der Waals surface area contributed by atoms with Gasteiger partial charge in [0.2, 0.25) is 5.78 Å². The molecule has 1 amide bonds. The Morgan fingerprint density at radius 2 is 1.86 bits per heavy atom. The number of likely N-dealkylation sites (tertiary alicyclic amines) is 1. The van der Waals surface area contributed by atoms with E-state index in [1.165, 1.54) is 4.90 Å². The Labute approximate surface area is 216 Å². The normalized spacial score (nSPS) is 30.9. The molecule has 4 atom stereocenters. The van der Waals surface area contributed by atoms with E-state index < -0.39 is 52.3 Å². The van der Waals surface area contributed by atoms with E-state index in [-0.39, 0.29) is 17.8 Å². The van der Waals surface area contributed by atoms with E-state index in [1.54, 1.807) is 20.2 Å². The van der Waals surface area contributed by atoms with Crippen LogP contribution in [-0.4, -0.2) is 81.4 Å². The van der Waals surface area contributed by atoms with Crippen LogP contribution in [-0.2, 0) is 27.3 Å². The molecule has 37 heavy (non-hydrogen) atoms. The minimum atomic E-state index is -2.54. The van der Waals surface area contributed by atoms with Gasteiger partial charge in [0.1, 0.15) is 17.1 Å². The summed E-state index contributed by atoms with van der Waals surface area (Å²) in [6.45, 7) is 5.03. The zero-order valence-corrected chi connectivity index (χ0v) is 21.5. The first-order valence-corrected chi connectivity index (χ1v) is 12.9. The molecule has 1 saturated heterocycles. The van der Waals surface area contributed by atoms with Gasteiger partial charge in [-0.2, -0.15) is 0 Å². The SMILES string of the molecule is CC1CCN(Cc2cccc3c2CC2CC4[C@@H](N(C)C)C(=O)C(C(N)=O)=C(O)[C@@]4(O)C(=O)C2=C3O)CC1. The second kappa shape index (κ2) is 9.08. The van der Waals surface area contributed by atoms with Gasteiger partial charge < -0.3 is 21.1 Å². The molecule has 5 rings (SSSR count). The first-order valence-electron chi connectivity index (χ1n) is 12.9. The summed E-state index contributed by atoms with van der Waals surface area (Å²) in [6.07, 6.45) is 2.92. The maximum Gasteiger partial charge on any atom is 0.255 e. The molecule has 4 aliphatic rings. The quantitative estimate of drug-likeness (QED) is 0.447. The van der Waals surface area contributed by atoms with Crippen molar-refractivity contribution < 1.29 is 29.7 Å². The summed E-state index contributed by atoms with van der Waals surface area (Å²) in [5.74, 6) is -4.80. The Bertz CT molecular complexity index is 1240. The summed E-state index contributed by atoms with van der Waals surface area (Å²) in [5, 5.41) is 33.9. The van der Waals surface area contributed by atoms with Gasteiger partial charge in [0.15, 0.2) is 11.4 Å². The van der Waals surface area contributed by atoms with E-state index in [4.69, 9.17) is 5.73 Å². The Morgan fingerprint density at radius 1 is 1.19 bits per heavy atom. The number of amides is 1. The Morgan fingerprint density at radius 3 is 2.49 bits per heavy atom. The zero-order chi connectivity index (χ0) is 26.8. The third kappa shape index (κ3) is 3.83. The van der Waals surface area contributed by atoms with Gasteiger partial charge in [-0.15, -0.1) is 0 Å². The maximum absolute atomic E-state index is 13.9. The topological polar surface area (TPSA) is 144 Å².